The van der Waals surface area contributed by atoms with Crippen LogP contribution >= 0.6 is 0 Å². The molecule has 5 heteroatoms. The number of likely N-dealkylation sites (tertiary alicyclic amines) is 1. The van der Waals surface area contributed by atoms with E-state index in [1.54, 1.807) is 20.8 Å². The number of carboxylic acid groups (broad SMARTS) is 1. The molecule has 0 radical (unpaired) electrons. The van der Waals surface area contributed by atoms with Crippen LogP contribution in [0.5, 0.6) is 0 Å². The predicted octanol–water partition coefficient (Wildman–Crippen LogP) is 2.99. The lowest BCUT2D eigenvalue weighted by atomic mass is 9.68. The second-order valence-electron chi connectivity index (χ2n) is 7.80. The third kappa shape index (κ3) is 3.33. The first-order valence-electron chi connectivity index (χ1n) is 7.82. The lowest BCUT2D eigenvalue weighted by Gasteiger charge is -2.35. The van der Waals surface area contributed by atoms with E-state index < -0.39 is 23.7 Å². The average Bonchev–Trinajstić information content (AvgIpc) is 2.65. The summed E-state index contributed by atoms with van der Waals surface area (Å²) >= 11 is 0. The van der Waals surface area contributed by atoms with E-state index in [0.717, 1.165) is 12.8 Å². The zero-order valence-corrected chi connectivity index (χ0v) is 13.6. The Labute approximate surface area is 126 Å². The Morgan fingerprint density at radius 3 is 2.29 bits per heavy atom. The van der Waals surface area contributed by atoms with Crippen LogP contribution in [0.15, 0.2) is 0 Å². The highest BCUT2D eigenvalue weighted by Gasteiger charge is 2.52. The van der Waals surface area contributed by atoms with Gasteiger partial charge in [-0.3, -0.25) is 4.90 Å². The first-order valence-corrected chi connectivity index (χ1v) is 7.82. The van der Waals surface area contributed by atoms with E-state index in [1.807, 2.05) is 0 Å². The van der Waals surface area contributed by atoms with E-state index in [2.05, 4.69) is 13.8 Å². The molecule has 1 saturated carbocycles. The maximum Gasteiger partial charge on any atom is 0.411 e. The van der Waals surface area contributed by atoms with Gasteiger partial charge in [-0.15, -0.1) is 0 Å². The van der Waals surface area contributed by atoms with E-state index in [1.165, 1.54) is 4.90 Å². The quantitative estimate of drug-likeness (QED) is 0.808. The minimum Gasteiger partial charge on any atom is -0.480 e. The zero-order valence-electron chi connectivity index (χ0n) is 13.6. The summed E-state index contributed by atoms with van der Waals surface area (Å²) in [7, 11) is 0. The fourth-order valence-corrected chi connectivity index (χ4v) is 4.04. The van der Waals surface area contributed by atoms with Crippen LogP contribution in [-0.2, 0) is 9.53 Å². The Hall–Kier alpha value is -1.26. The maximum absolute atomic E-state index is 12.3. The molecule has 5 nitrogen and oxygen atoms in total. The first kappa shape index (κ1) is 16.1. The standard InChI is InChI=1S/C16H27NO4/c1-9-6-10(2)12-8-17(15(20)21-16(3,4)5)13(14(18)19)11(12)7-9/h9-13H,6-8H2,1-5H3,(H,18,19)/t9-,10+,11?,12-,13+/m1/s1. The molecule has 1 aliphatic heterocycles. The van der Waals surface area contributed by atoms with Crippen LogP contribution in [0.25, 0.3) is 0 Å². The molecule has 1 heterocycles. The van der Waals surface area contributed by atoms with Crippen molar-refractivity contribution in [1.82, 2.24) is 4.90 Å². The highest BCUT2D eigenvalue weighted by Crippen LogP contribution is 2.46. The molecule has 0 aromatic rings. The van der Waals surface area contributed by atoms with Crippen molar-refractivity contribution in [3.8, 4) is 0 Å². The third-order valence-corrected chi connectivity index (χ3v) is 4.76. The van der Waals surface area contributed by atoms with Gasteiger partial charge >= 0.3 is 12.1 Å². The van der Waals surface area contributed by atoms with Gasteiger partial charge in [-0.2, -0.15) is 0 Å². The number of nitrogens with zero attached hydrogens (tertiary/aromatic N) is 1. The predicted molar refractivity (Wildman–Crippen MR) is 78.9 cm³/mol. The van der Waals surface area contributed by atoms with Crippen molar-refractivity contribution in [3.05, 3.63) is 0 Å². The van der Waals surface area contributed by atoms with Gasteiger partial charge in [0.05, 0.1) is 0 Å². The van der Waals surface area contributed by atoms with Crippen molar-refractivity contribution in [2.24, 2.45) is 23.7 Å². The van der Waals surface area contributed by atoms with Crippen LogP contribution < -0.4 is 0 Å². The van der Waals surface area contributed by atoms with Crippen molar-refractivity contribution in [2.75, 3.05) is 6.54 Å². The Morgan fingerprint density at radius 2 is 1.76 bits per heavy atom. The van der Waals surface area contributed by atoms with Crippen LogP contribution in [0.1, 0.15) is 47.5 Å². The third-order valence-electron chi connectivity index (χ3n) is 4.76. The van der Waals surface area contributed by atoms with Crippen molar-refractivity contribution in [1.29, 1.82) is 0 Å². The normalized spacial score (nSPS) is 36.2. The molecule has 1 aliphatic carbocycles. The Balaban J connectivity index is 2.22. The minimum absolute atomic E-state index is 0.0498. The van der Waals surface area contributed by atoms with E-state index in [9.17, 15) is 14.7 Å². The molecule has 1 unspecified atom stereocenters. The number of ether oxygens (including phenoxy) is 1. The number of carboxylic acids is 1. The molecule has 2 rings (SSSR count). The summed E-state index contributed by atoms with van der Waals surface area (Å²) in [6.45, 7) is 10.2. The van der Waals surface area contributed by atoms with E-state index in [-0.39, 0.29) is 11.8 Å². The average molecular weight is 297 g/mol. The topological polar surface area (TPSA) is 66.8 Å². The van der Waals surface area contributed by atoms with Crippen LogP contribution in [-0.4, -0.2) is 40.3 Å². The van der Waals surface area contributed by atoms with Gasteiger partial charge in [-0.25, -0.2) is 9.59 Å². The summed E-state index contributed by atoms with van der Waals surface area (Å²) in [5.41, 5.74) is -0.604. The number of hydrogen-bond acceptors (Lipinski definition) is 3. The van der Waals surface area contributed by atoms with Gasteiger partial charge in [-0.1, -0.05) is 13.8 Å². The number of carbonyl (C=O) groups excluding carboxylic acids is 1. The Kier molecular flexibility index (Phi) is 4.22. The first-order chi connectivity index (χ1) is 9.60. The van der Waals surface area contributed by atoms with Gasteiger partial charge in [0.1, 0.15) is 11.6 Å². The molecule has 2 fully saturated rings. The van der Waals surface area contributed by atoms with E-state index in [4.69, 9.17) is 4.74 Å². The summed E-state index contributed by atoms with van der Waals surface area (Å²) < 4.78 is 5.39. The van der Waals surface area contributed by atoms with Crippen molar-refractivity contribution in [3.63, 3.8) is 0 Å². The number of rotatable bonds is 1. The number of carbonyl (C=O) groups is 2. The summed E-state index contributed by atoms with van der Waals surface area (Å²) in [4.78, 5) is 25.5. The monoisotopic (exact) mass is 297 g/mol. The Morgan fingerprint density at radius 1 is 1.14 bits per heavy atom. The highest BCUT2D eigenvalue weighted by atomic mass is 16.6. The molecule has 0 spiro atoms. The number of fused-ring (bicyclic) bond motifs is 1. The van der Waals surface area contributed by atoms with Gasteiger partial charge in [-0.05, 0) is 57.3 Å². The van der Waals surface area contributed by atoms with Crippen molar-refractivity contribution < 1.29 is 19.4 Å². The molecule has 0 aromatic heterocycles. The second kappa shape index (κ2) is 5.50. The molecule has 21 heavy (non-hydrogen) atoms. The Bertz CT molecular complexity index is 428. The summed E-state index contributed by atoms with van der Waals surface area (Å²) in [5.74, 6) is 0.382. The fourth-order valence-electron chi connectivity index (χ4n) is 4.04. The van der Waals surface area contributed by atoms with Gasteiger partial charge in [0.15, 0.2) is 0 Å². The van der Waals surface area contributed by atoms with Crippen molar-refractivity contribution in [2.45, 2.75) is 59.1 Å². The second-order valence-corrected chi connectivity index (χ2v) is 7.80. The molecule has 1 saturated heterocycles. The lowest BCUT2D eigenvalue weighted by molar-refractivity contribution is -0.144. The number of aliphatic carboxylic acids is 1. The molecule has 1 N–H and O–H groups in total. The SMILES string of the molecule is C[C@H]1CC2[C@@H](C(=O)O)N(C(=O)OC(C)(C)C)C[C@@H]2[C@@H](C)C1. The largest absolute Gasteiger partial charge is 0.480 e. The van der Waals surface area contributed by atoms with E-state index >= 15 is 0 Å². The molecule has 2 aliphatic rings. The fraction of sp³-hybridized carbons (Fsp3) is 0.875. The molecule has 120 valence electrons. The summed E-state index contributed by atoms with van der Waals surface area (Å²) in [5, 5.41) is 9.59. The number of amides is 1. The minimum atomic E-state index is -0.908. The number of hydrogen-bond donors (Lipinski definition) is 1. The smallest absolute Gasteiger partial charge is 0.411 e. The van der Waals surface area contributed by atoms with Crippen LogP contribution in [0.3, 0.4) is 0 Å². The van der Waals surface area contributed by atoms with Gasteiger partial charge in [0.2, 0.25) is 0 Å². The molecular formula is C16H27NO4. The molecule has 1 amide bonds. The summed E-state index contributed by atoms with van der Waals surface area (Å²) in [6.07, 6.45) is 1.49. The summed E-state index contributed by atoms with van der Waals surface area (Å²) in [6, 6.07) is -0.741. The van der Waals surface area contributed by atoms with Crippen molar-refractivity contribution >= 4 is 12.1 Å². The van der Waals surface area contributed by atoms with E-state index in [0.29, 0.717) is 18.4 Å². The van der Waals surface area contributed by atoms with Gasteiger partial charge in [0, 0.05) is 6.54 Å². The van der Waals surface area contributed by atoms with Crippen LogP contribution in [0, 0.1) is 23.7 Å². The maximum atomic E-state index is 12.3. The molecule has 0 bridgehead atoms. The van der Waals surface area contributed by atoms with Gasteiger partial charge in [0.25, 0.3) is 0 Å². The zero-order chi connectivity index (χ0) is 15.9. The van der Waals surface area contributed by atoms with Gasteiger partial charge < -0.3 is 9.84 Å². The lowest BCUT2D eigenvalue weighted by Crippen LogP contribution is -2.46. The highest BCUT2D eigenvalue weighted by molar-refractivity contribution is 5.81. The molecule has 5 atom stereocenters. The molecule has 0 aromatic carbocycles. The van der Waals surface area contributed by atoms with Crippen LogP contribution in [0.2, 0.25) is 0 Å². The molecular weight excluding hydrogens is 270 g/mol. The van der Waals surface area contributed by atoms with Crippen LogP contribution in [0.4, 0.5) is 4.79 Å².